The monoisotopic (exact) mass is 462 g/mol. The van der Waals surface area contributed by atoms with Crippen LogP contribution in [0.3, 0.4) is 0 Å². The van der Waals surface area contributed by atoms with Crippen LogP contribution >= 0.6 is 0 Å². The minimum Gasteiger partial charge on any atom is -0.444 e. The number of amides is 2. The number of aryl methyl sites for hydroxylation is 1. The fourth-order valence-electron chi connectivity index (χ4n) is 4.05. The molecule has 0 aliphatic carbocycles. The van der Waals surface area contributed by atoms with Gasteiger partial charge in [-0.25, -0.2) is 9.18 Å². The fraction of sp³-hybridized carbons (Fsp3) is 0.667. The van der Waals surface area contributed by atoms with E-state index in [1.807, 2.05) is 55.4 Å². The lowest BCUT2D eigenvalue weighted by Crippen LogP contribution is -2.56. The number of hydrogen-bond acceptors (Lipinski definition) is 5. The van der Waals surface area contributed by atoms with Crippen molar-refractivity contribution >= 4 is 24.6 Å². The summed E-state index contributed by atoms with van der Waals surface area (Å²) in [6, 6.07) is 2.80. The summed E-state index contributed by atoms with van der Waals surface area (Å²) in [6.07, 6.45) is -0.407. The van der Waals surface area contributed by atoms with E-state index in [-0.39, 0.29) is 17.5 Å². The molecule has 3 rings (SSSR count). The first-order valence-corrected chi connectivity index (χ1v) is 11.5. The molecule has 182 valence electrons. The van der Waals surface area contributed by atoms with E-state index in [0.717, 1.165) is 0 Å². The van der Waals surface area contributed by atoms with Crippen molar-refractivity contribution in [3.05, 3.63) is 29.1 Å². The van der Waals surface area contributed by atoms with Crippen LogP contribution in [0.25, 0.3) is 0 Å². The first-order valence-electron chi connectivity index (χ1n) is 11.5. The van der Waals surface area contributed by atoms with Gasteiger partial charge in [0, 0.05) is 25.7 Å². The van der Waals surface area contributed by atoms with Crippen LogP contribution in [0.15, 0.2) is 12.1 Å². The van der Waals surface area contributed by atoms with Crippen LogP contribution in [-0.4, -0.2) is 71.4 Å². The van der Waals surface area contributed by atoms with Gasteiger partial charge in [-0.05, 0) is 79.4 Å². The van der Waals surface area contributed by atoms with Crippen molar-refractivity contribution in [1.82, 2.24) is 9.80 Å². The Hall–Kier alpha value is -2.13. The van der Waals surface area contributed by atoms with Crippen LogP contribution < -0.4 is 5.46 Å². The second kappa shape index (κ2) is 8.58. The topological polar surface area (TPSA) is 68.3 Å². The summed E-state index contributed by atoms with van der Waals surface area (Å²) in [7, 11) is -0.705. The molecule has 0 unspecified atom stereocenters. The van der Waals surface area contributed by atoms with Gasteiger partial charge in [-0.1, -0.05) is 6.07 Å². The Morgan fingerprint density at radius 2 is 1.70 bits per heavy atom. The highest BCUT2D eigenvalue weighted by atomic mass is 19.1. The highest BCUT2D eigenvalue weighted by molar-refractivity contribution is 6.62. The molecule has 2 amide bonds. The Balaban J connectivity index is 1.75. The minimum absolute atomic E-state index is 0.0350. The van der Waals surface area contributed by atoms with Gasteiger partial charge < -0.3 is 23.8 Å². The van der Waals surface area contributed by atoms with Crippen molar-refractivity contribution in [2.75, 3.05) is 19.6 Å². The Bertz CT molecular complexity index is 904. The molecule has 2 aliphatic heterocycles. The van der Waals surface area contributed by atoms with Gasteiger partial charge >= 0.3 is 13.2 Å². The minimum atomic E-state index is -0.705. The van der Waals surface area contributed by atoms with Crippen molar-refractivity contribution < 1.29 is 28.0 Å². The van der Waals surface area contributed by atoms with Crippen LogP contribution in [0.2, 0.25) is 0 Å². The highest BCUT2D eigenvalue weighted by Crippen LogP contribution is 2.36. The predicted molar refractivity (Wildman–Crippen MR) is 125 cm³/mol. The van der Waals surface area contributed by atoms with E-state index in [2.05, 4.69) is 0 Å². The van der Waals surface area contributed by atoms with Gasteiger partial charge in [-0.3, -0.25) is 4.79 Å². The maximum atomic E-state index is 15.2. The SMILES string of the molecule is Cc1cc(B2OC(C)(C)C(C)(C)O2)cc(F)c1C(=O)N1CCN(C(=O)OC(C)(C)C)C[C@@H]1C. The molecule has 0 saturated carbocycles. The average molecular weight is 462 g/mol. The zero-order valence-electron chi connectivity index (χ0n) is 21.2. The third kappa shape index (κ3) is 5.19. The van der Waals surface area contributed by atoms with E-state index < -0.39 is 35.8 Å². The van der Waals surface area contributed by atoms with Crippen LogP contribution in [0.4, 0.5) is 9.18 Å². The normalized spacial score (nSPS) is 22.5. The maximum absolute atomic E-state index is 15.2. The van der Waals surface area contributed by atoms with Gasteiger partial charge in [0.25, 0.3) is 5.91 Å². The van der Waals surface area contributed by atoms with E-state index in [9.17, 15) is 9.59 Å². The summed E-state index contributed by atoms with van der Waals surface area (Å²) in [6.45, 7) is 17.7. The number of rotatable bonds is 2. The maximum Gasteiger partial charge on any atom is 0.494 e. The summed E-state index contributed by atoms with van der Waals surface area (Å²) in [5.41, 5.74) is -0.575. The van der Waals surface area contributed by atoms with E-state index in [4.69, 9.17) is 14.0 Å². The summed E-state index contributed by atoms with van der Waals surface area (Å²) < 4.78 is 32.7. The Kier molecular flexibility index (Phi) is 6.63. The van der Waals surface area contributed by atoms with Crippen molar-refractivity contribution in [3.8, 4) is 0 Å². The summed E-state index contributed by atoms with van der Waals surface area (Å²) in [5.74, 6) is -0.992. The van der Waals surface area contributed by atoms with Gasteiger partial charge in [0.05, 0.1) is 16.8 Å². The van der Waals surface area contributed by atoms with Gasteiger partial charge in [-0.15, -0.1) is 0 Å². The number of nitrogens with zero attached hydrogens (tertiary/aromatic N) is 2. The molecule has 0 N–H and O–H groups in total. The van der Waals surface area contributed by atoms with Crippen LogP contribution in [0, 0.1) is 12.7 Å². The Morgan fingerprint density at radius 1 is 1.12 bits per heavy atom. The second-order valence-electron chi connectivity index (χ2n) is 11.1. The lowest BCUT2D eigenvalue weighted by Gasteiger charge is -2.40. The highest BCUT2D eigenvalue weighted by Gasteiger charge is 2.52. The molecule has 0 radical (unpaired) electrons. The molecule has 2 fully saturated rings. The van der Waals surface area contributed by atoms with Crippen molar-refractivity contribution in [3.63, 3.8) is 0 Å². The van der Waals surface area contributed by atoms with Gasteiger partial charge in [0.15, 0.2) is 0 Å². The van der Waals surface area contributed by atoms with Crippen LogP contribution in [0.5, 0.6) is 0 Å². The summed E-state index contributed by atoms with van der Waals surface area (Å²) in [5, 5.41) is 0. The van der Waals surface area contributed by atoms with Crippen molar-refractivity contribution in [2.24, 2.45) is 0 Å². The molecule has 33 heavy (non-hydrogen) atoms. The molecule has 0 bridgehead atoms. The molecule has 2 heterocycles. The van der Waals surface area contributed by atoms with Crippen molar-refractivity contribution in [1.29, 1.82) is 0 Å². The van der Waals surface area contributed by atoms with Gasteiger partial charge in [-0.2, -0.15) is 0 Å². The molecular formula is C24H36BFN2O5. The number of benzene rings is 1. The number of hydrogen-bond donors (Lipinski definition) is 0. The number of carbonyl (C=O) groups excluding carboxylic acids is 2. The quantitative estimate of drug-likeness (QED) is 0.630. The average Bonchev–Trinajstić information content (AvgIpc) is 2.87. The first-order chi connectivity index (χ1) is 15.0. The van der Waals surface area contributed by atoms with Crippen molar-refractivity contribution in [2.45, 2.75) is 85.2 Å². The molecule has 7 nitrogen and oxygen atoms in total. The summed E-state index contributed by atoms with van der Waals surface area (Å²) >= 11 is 0. The van der Waals surface area contributed by atoms with Crippen LogP contribution in [0.1, 0.15) is 71.3 Å². The third-order valence-corrected chi connectivity index (χ3v) is 6.59. The van der Waals surface area contributed by atoms with E-state index in [0.29, 0.717) is 30.7 Å². The molecule has 0 spiro atoms. The van der Waals surface area contributed by atoms with Gasteiger partial charge in [0.1, 0.15) is 11.4 Å². The lowest BCUT2D eigenvalue weighted by molar-refractivity contribution is 0.00578. The molecule has 2 saturated heterocycles. The van der Waals surface area contributed by atoms with E-state index in [1.54, 1.807) is 22.8 Å². The lowest BCUT2D eigenvalue weighted by atomic mass is 9.77. The molecule has 2 aliphatic rings. The van der Waals surface area contributed by atoms with E-state index >= 15 is 4.39 Å². The molecule has 1 aromatic carbocycles. The zero-order chi connectivity index (χ0) is 24.9. The molecule has 1 aromatic rings. The molecule has 9 heteroatoms. The second-order valence-corrected chi connectivity index (χ2v) is 11.1. The van der Waals surface area contributed by atoms with E-state index in [1.165, 1.54) is 6.07 Å². The number of halogens is 1. The van der Waals surface area contributed by atoms with Crippen LogP contribution in [-0.2, 0) is 14.0 Å². The first kappa shape index (κ1) is 25.5. The molecule has 1 atom stereocenters. The smallest absolute Gasteiger partial charge is 0.444 e. The zero-order valence-corrected chi connectivity index (χ0v) is 21.2. The number of carbonyl (C=O) groups is 2. The predicted octanol–water partition coefficient (Wildman–Crippen LogP) is 3.51. The standard InChI is InChI=1S/C24H36BFN2O5/c1-15-12-17(25-32-23(6,7)24(8,9)33-25)13-18(26)19(15)20(29)28-11-10-27(14-16(28)2)21(30)31-22(3,4)5/h12-13,16H,10-11,14H2,1-9H3/t16-/m0/s1. The third-order valence-electron chi connectivity index (χ3n) is 6.59. The fourth-order valence-corrected chi connectivity index (χ4v) is 4.05. The Labute approximate surface area is 196 Å². The number of ether oxygens (including phenoxy) is 1. The molecule has 0 aromatic heterocycles. The molecular weight excluding hydrogens is 426 g/mol. The Morgan fingerprint density at radius 3 is 2.18 bits per heavy atom. The number of piperazine rings is 1. The summed E-state index contributed by atoms with van der Waals surface area (Å²) in [4.78, 5) is 28.9. The van der Waals surface area contributed by atoms with Gasteiger partial charge in [0.2, 0.25) is 0 Å². The largest absolute Gasteiger partial charge is 0.494 e.